The first kappa shape index (κ1) is 17.4. The Morgan fingerprint density at radius 1 is 1.46 bits per heavy atom. The van der Waals surface area contributed by atoms with Crippen LogP contribution in [0, 0.1) is 16.0 Å². The van der Waals surface area contributed by atoms with E-state index in [1.165, 1.54) is 12.1 Å². The van der Waals surface area contributed by atoms with Crippen LogP contribution in [-0.2, 0) is 17.8 Å². The highest BCUT2D eigenvalue weighted by Crippen LogP contribution is 2.25. The summed E-state index contributed by atoms with van der Waals surface area (Å²) in [7, 11) is 1.56. The van der Waals surface area contributed by atoms with Gasteiger partial charge in [-0.15, -0.1) is 0 Å². The number of carbonyl (C=O) groups excluding carboxylic acids is 1. The summed E-state index contributed by atoms with van der Waals surface area (Å²) in [5, 5.41) is 17.5. The summed E-state index contributed by atoms with van der Waals surface area (Å²) in [5.41, 5.74) is 0.179. The molecule has 1 aromatic carbocycles. The lowest BCUT2D eigenvalue weighted by atomic mass is 10.1. The van der Waals surface area contributed by atoms with E-state index in [4.69, 9.17) is 9.26 Å². The molecule has 9 nitrogen and oxygen atoms in total. The van der Waals surface area contributed by atoms with Crippen molar-refractivity contribution in [3.05, 3.63) is 45.6 Å². The van der Waals surface area contributed by atoms with Crippen molar-refractivity contribution in [3.8, 4) is 0 Å². The lowest BCUT2D eigenvalue weighted by molar-refractivity contribution is -0.384. The van der Waals surface area contributed by atoms with Gasteiger partial charge in [-0.2, -0.15) is 4.98 Å². The topological polar surface area (TPSA) is 120 Å². The van der Waals surface area contributed by atoms with Gasteiger partial charge in [0.15, 0.2) is 12.4 Å². The van der Waals surface area contributed by atoms with Crippen LogP contribution in [-0.4, -0.2) is 28.1 Å². The summed E-state index contributed by atoms with van der Waals surface area (Å²) in [6.45, 7) is 3.86. The molecule has 128 valence electrons. The summed E-state index contributed by atoms with van der Waals surface area (Å²) < 4.78 is 10.1. The fourth-order valence-corrected chi connectivity index (χ4v) is 2.03. The predicted octanol–water partition coefficient (Wildman–Crippen LogP) is 2.58. The minimum absolute atomic E-state index is 0.0719. The SMILES string of the molecule is CNc1ccc(C(=O)OCc2nc(CC(C)C)no2)cc1[N+](=O)[O-]. The smallest absolute Gasteiger partial charge is 0.338 e. The number of esters is 1. The van der Waals surface area contributed by atoms with Crippen LogP contribution in [0.3, 0.4) is 0 Å². The van der Waals surface area contributed by atoms with Gasteiger partial charge in [0, 0.05) is 19.5 Å². The monoisotopic (exact) mass is 334 g/mol. The van der Waals surface area contributed by atoms with Crippen molar-refractivity contribution >= 4 is 17.3 Å². The number of nitrogens with zero attached hydrogens (tertiary/aromatic N) is 3. The summed E-state index contributed by atoms with van der Waals surface area (Å²) >= 11 is 0. The fourth-order valence-electron chi connectivity index (χ4n) is 2.03. The molecule has 0 saturated heterocycles. The maximum absolute atomic E-state index is 12.0. The van der Waals surface area contributed by atoms with Gasteiger partial charge in [0.2, 0.25) is 0 Å². The van der Waals surface area contributed by atoms with Crippen molar-refractivity contribution in [1.29, 1.82) is 0 Å². The van der Waals surface area contributed by atoms with E-state index in [1.807, 2.05) is 13.8 Å². The van der Waals surface area contributed by atoms with Crippen LogP contribution in [0.2, 0.25) is 0 Å². The van der Waals surface area contributed by atoms with E-state index < -0.39 is 10.9 Å². The molecule has 0 aliphatic rings. The molecule has 0 aliphatic carbocycles. The van der Waals surface area contributed by atoms with E-state index in [-0.39, 0.29) is 23.7 Å². The van der Waals surface area contributed by atoms with E-state index in [2.05, 4.69) is 15.5 Å². The number of carbonyl (C=O) groups is 1. The largest absolute Gasteiger partial charge is 0.452 e. The number of nitrogens with one attached hydrogen (secondary N) is 1. The number of rotatable bonds is 7. The quantitative estimate of drug-likeness (QED) is 0.466. The van der Waals surface area contributed by atoms with E-state index in [1.54, 1.807) is 7.05 Å². The van der Waals surface area contributed by atoms with Crippen molar-refractivity contribution in [2.24, 2.45) is 5.92 Å². The summed E-state index contributed by atoms with van der Waals surface area (Å²) in [6.07, 6.45) is 0.662. The van der Waals surface area contributed by atoms with Gasteiger partial charge in [-0.05, 0) is 18.1 Å². The number of hydrogen-bond acceptors (Lipinski definition) is 8. The van der Waals surface area contributed by atoms with Gasteiger partial charge < -0.3 is 14.6 Å². The lowest BCUT2D eigenvalue weighted by Crippen LogP contribution is -2.07. The molecule has 0 saturated carbocycles. The molecule has 1 N–H and O–H groups in total. The van der Waals surface area contributed by atoms with Crippen molar-refractivity contribution in [2.75, 3.05) is 12.4 Å². The Hall–Kier alpha value is -2.97. The molecule has 24 heavy (non-hydrogen) atoms. The van der Waals surface area contributed by atoms with Crippen molar-refractivity contribution in [1.82, 2.24) is 10.1 Å². The number of aromatic nitrogens is 2. The van der Waals surface area contributed by atoms with Crippen LogP contribution in [0.1, 0.15) is 35.9 Å². The van der Waals surface area contributed by atoms with E-state index in [0.717, 1.165) is 6.07 Å². The molecule has 0 fully saturated rings. The number of anilines is 1. The number of ether oxygens (including phenoxy) is 1. The molecule has 2 aromatic rings. The van der Waals surface area contributed by atoms with Crippen molar-refractivity contribution in [2.45, 2.75) is 26.9 Å². The van der Waals surface area contributed by atoms with Crippen LogP contribution < -0.4 is 5.32 Å². The van der Waals surface area contributed by atoms with E-state index in [9.17, 15) is 14.9 Å². The van der Waals surface area contributed by atoms with Crippen LogP contribution in [0.5, 0.6) is 0 Å². The molecule has 0 radical (unpaired) electrons. The molecular weight excluding hydrogens is 316 g/mol. The zero-order valence-electron chi connectivity index (χ0n) is 13.6. The molecule has 2 rings (SSSR count). The first-order chi connectivity index (χ1) is 11.4. The van der Waals surface area contributed by atoms with Gasteiger partial charge in [0.1, 0.15) is 5.69 Å². The number of benzene rings is 1. The normalized spacial score (nSPS) is 10.7. The first-order valence-electron chi connectivity index (χ1n) is 7.35. The molecule has 9 heteroatoms. The van der Waals surface area contributed by atoms with Crippen molar-refractivity contribution < 1.29 is 19.0 Å². The minimum atomic E-state index is -0.704. The molecular formula is C15H18N4O5. The number of hydrogen-bond donors (Lipinski definition) is 1. The molecule has 0 unspecified atom stereocenters. The molecule has 0 bridgehead atoms. The van der Waals surface area contributed by atoms with E-state index >= 15 is 0 Å². The third-order valence-electron chi connectivity index (χ3n) is 3.13. The predicted molar refractivity (Wildman–Crippen MR) is 84.6 cm³/mol. The molecule has 1 heterocycles. The Bertz CT molecular complexity index is 741. The Labute approximate surface area is 138 Å². The summed E-state index contributed by atoms with van der Waals surface area (Å²) in [5.74, 6) is 0.402. The van der Waals surface area contributed by atoms with Gasteiger partial charge in [-0.3, -0.25) is 10.1 Å². The Kier molecular flexibility index (Phi) is 5.46. The van der Waals surface area contributed by atoms with Crippen molar-refractivity contribution in [3.63, 3.8) is 0 Å². The van der Waals surface area contributed by atoms with Crippen LogP contribution >= 0.6 is 0 Å². The zero-order valence-corrected chi connectivity index (χ0v) is 13.6. The number of nitro benzene ring substituents is 1. The van der Waals surface area contributed by atoms with Crippen LogP contribution in [0.4, 0.5) is 11.4 Å². The van der Waals surface area contributed by atoms with Gasteiger partial charge in [-0.1, -0.05) is 19.0 Å². The fraction of sp³-hybridized carbons (Fsp3) is 0.400. The minimum Gasteiger partial charge on any atom is -0.452 e. The Morgan fingerprint density at radius 3 is 2.83 bits per heavy atom. The van der Waals surface area contributed by atoms with Gasteiger partial charge in [0.05, 0.1) is 10.5 Å². The lowest BCUT2D eigenvalue weighted by Gasteiger charge is -2.05. The second-order valence-electron chi connectivity index (χ2n) is 5.52. The number of nitro groups is 1. The highest BCUT2D eigenvalue weighted by Gasteiger charge is 2.18. The highest BCUT2D eigenvalue weighted by atomic mass is 16.6. The second-order valence-corrected chi connectivity index (χ2v) is 5.52. The van der Waals surface area contributed by atoms with E-state index in [0.29, 0.717) is 23.9 Å². The van der Waals surface area contributed by atoms with Gasteiger partial charge in [-0.25, -0.2) is 4.79 Å². The maximum atomic E-state index is 12.0. The average molecular weight is 334 g/mol. The summed E-state index contributed by atoms with van der Waals surface area (Å²) in [4.78, 5) is 26.6. The third kappa shape index (κ3) is 4.28. The molecule has 0 amide bonds. The molecule has 0 atom stereocenters. The Morgan fingerprint density at radius 2 is 2.21 bits per heavy atom. The average Bonchev–Trinajstić information content (AvgIpc) is 2.98. The molecule has 0 aliphatic heterocycles. The van der Waals surface area contributed by atoms with Gasteiger partial charge in [0.25, 0.3) is 11.6 Å². The van der Waals surface area contributed by atoms with Crippen LogP contribution in [0.25, 0.3) is 0 Å². The first-order valence-corrected chi connectivity index (χ1v) is 7.35. The molecule has 1 aromatic heterocycles. The second kappa shape index (κ2) is 7.53. The highest BCUT2D eigenvalue weighted by molar-refractivity contribution is 5.91. The molecule has 0 spiro atoms. The summed E-state index contributed by atoms with van der Waals surface area (Å²) in [6, 6.07) is 4.05. The zero-order chi connectivity index (χ0) is 17.7. The Balaban J connectivity index is 2.03. The standard InChI is InChI=1S/C15H18N4O5/c1-9(2)6-13-17-14(24-18-13)8-23-15(20)10-4-5-11(16-3)12(7-10)19(21)22/h4-5,7,9,16H,6,8H2,1-3H3. The maximum Gasteiger partial charge on any atom is 0.338 e. The third-order valence-corrected chi connectivity index (χ3v) is 3.13. The van der Waals surface area contributed by atoms with Gasteiger partial charge >= 0.3 is 5.97 Å². The van der Waals surface area contributed by atoms with Crippen LogP contribution in [0.15, 0.2) is 22.7 Å².